The van der Waals surface area contributed by atoms with E-state index in [0.29, 0.717) is 19.3 Å². The third kappa shape index (κ3) is 1.41. The number of hydrogen-bond acceptors (Lipinski definition) is 3. The van der Waals surface area contributed by atoms with Crippen molar-refractivity contribution in [2.45, 2.75) is 44.6 Å². The maximum Gasteiger partial charge on any atom is 0.148 e. The molecule has 1 atom stereocenters. The molecule has 20 heavy (non-hydrogen) atoms. The van der Waals surface area contributed by atoms with Crippen molar-refractivity contribution >= 4 is 17.3 Å². The molecule has 0 amide bonds. The first kappa shape index (κ1) is 12.1. The molecule has 1 aromatic carbocycles. The van der Waals surface area contributed by atoms with Crippen LogP contribution in [0.3, 0.4) is 0 Å². The van der Waals surface area contributed by atoms with Crippen LogP contribution < -0.4 is 4.90 Å². The van der Waals surface area contributed by atoms with Crippen molar-refractivity contribution in [1.29, 1.82) is 0 Å². The molecule has 1 aromatic rings. The van der Waals surface area contributed by atoms with E-state index in [2.05, 4.69) is 23.1 Å². The lowest BCUT2D eigenvalue weighted by atomic mass is 9.61. The van der Waals surface area contributed by atoms with Gasteiger partial charge in [-0.1, -0.05) is 18.2 Å². The fourth-order valence-corrected chi connectivity index (χ4v) is 4.51. The van der Waals surface area contributed by atoms with Gasteiger partial charge < -0.3 is 4.90 Å². The van der Waals surface area contributed by atoms with Gasteiger partial charge in [-0.3, -0.25) is 9.59 Å². The van der Waals surface area contributed by atoms with Gasteiger partial charge in [0.2, 0.25) is 0 Å². The summed E-state index contributed by atoms with van der Waals surface area (Å²) < 4.78 is 0. The highest BCUT2D eigenvalue weighted by atomic mass is 16.2. The van der Waals surface area contributed by atoms with E-state index in [9.17, 15) is 9.59 Å². The summed E-state index contributed by atoms with van der Waals surface area (Å²) in [5.41, 5.74) is 1.68. The molecule has 1 saturated carbocycles. The number of nitrogens with zero attached hydrogens (tertiary/aromatic N) is 1. The Morgan fingerprint density at radius 2 is 1.80 bits per heavy atom. The lowest BCUT2D eigenvalue weighted by molar-refractivity contribution is -0.145. The molecule has 3 nitrogen and oxygen atoms in total. The SMILES string of the molecule is O=C1CCCC(=O)C12Cc1ccccc1N1CCCC12. The second kappa shape index (κ2) is 4.18. The quantitative estimate of drug-likeness (QED) is 0.679. The smallest absolute Gasteiger partial charge is 0.148 e. The van der Waals surface area contributed by atoms with Crippen molar-refractivity contribution in [2.24, 2.45) is 5.41 Å². The van der Waals surface area contributed by atoms with Crippen molar-refractivity contribution in [2.75, 3.05) is 11.4 Å². The molecule has 3 heteroatoms. The molecule has 1 saturated heterocycles. The molecule has 0 radical (unpaired) electrons. The van der Waals surface area contributed by atoms with E-state index in [1.165, 1.54) is 11.3 Å². The highest BCUT2D eigenvalue weighted by molar-refractivity contribution is 6.11. The van der Waals surface area contributed by atoms with Crippen LogP contribution in [0.5, 0.6) is 0 Å². The van der Waals surface area contributed by atoms with Crippen LogP contribution >= 0.6 is 0 Å². The molecule has 1 unspecified atom stereocenters. The first-order valence-corrected chi connectivity index (χ1v) is 7.64. The Morgan fingerprint density at radius 3 is 2.60 bits per heavy atom. The Hall–Kier alpha value is -1.64. The van der Waals surface area contributed by atoms with E-state index in [0.717, 1.165) is 25.8 Å². The van der Waals surface area contributed by atoms with Gasteiger partial charge in [0, 0.05) is 31.1 Å². The van der Waals surface area contributed by atoms with E-state index >= 15 is 0 Å². The first-order valence-electron chi connectivity index (χ1n) is 7.64. The van der Waals surface area contributed by atoms with Gasteiger partial charge in [0.05, 0.1) is 0 Å². The van der Waals surface area contributed by atoms with E-state index in [-0.39, 0.29) is 17.6 Å². The summed E-state index contributed by atoms with van der Waals surface area (Å²) in [5, 5.41) is 0. The normalized spacial score (nSPS) is 27.6. The van der Waals surface area contributed by atoms with Gasteiger partial charge in [0.15, 0.2) is 0 Å². The third-order valence-corrected chi connectivity index (χ3v) is 5.39. The fraction of sp³-hybridized carbons (Fsp3) is 0.529. The largest absolute Gasteiger partial charge is 0.367 e. The number of hydrogen-bond donors (Lipinski definition) is 0. The molecule has 0 N–H and O–H groups in total. The van der Waals surface area contributed by atoms with Crippen molar-refractivity contribution < 1.29 is 9.59 Å². The predicted molar refractivity (Wildman–Crippen MR) is 76.8 cm³/mol. The summed E-state index contributed by atoms with van der Waals surface area (Å²) in [6.07, 6.45) is 4.60. The number of fused-ring (bicyclic) bond motifs is 4. The molecular formula is C17H19NO2. The van der Waals surface area contributed by atoms with E-state index in [4.69, 9.17) is 0 Å². The molecular weight excluding hydrogens is 250 g/mol. The van der Waals surface area contributed by atoms with Gasteiger partial charge in [-0.2, -0.15) is 0 Å². The molecule has 2 heterocycles. The average molecular weight is 269 g/mol. The molecule has 1 aliphatic carbocycles. The molecule has 3 aliphatic rings. The Bertz CT molecular complexity index is 576. The highest BCUT2D eigenvalue weighted by Crippen LogP contribution is 2.49. The lowest BCUT2D eigenvalue weighted by Crippen LogP contribution is -2.59. The van der Waals surface area contributed by atoms with Gasteiger partial charge in [-0.05, 0) is 37.3 Å². The second-order valence-electron chi connectivity index (χ2n) is 6.33. The third-order valence-electron chi connectivity index (χ3n) is 5.39. The van der Waals surface area contributed by atoms with E-state index < -0.39 is 5.41 Å². The van der Waals surface area contributed by atoms with Gasteiger partial charge >= 0.3 is 0 Å². The Kier molecular flexibility index (Phi) is 2.53. The number of carbonyl (C=O) groups excluding carboxylic acids is 2. The number of anilines is 1. The molecule has 2 fully saturated rings. The van der Waals surface area contributed by atoms with Crippen LogP contribution in [0.2, 0.25) is 0 Å². The number of Topliss-reactive ketones (excluding diaryl/α,β-unsaturated/α-hetero) is 2. The monoisotopic (exact) mass is 269 g/mol. The number of rotatable bonds is 0. The molecule has 0 bridgehead atoms. The molecule has 2 aliphatic heterocycles. The summed E-state index contributed by atoms with van der Waals surface area (Å²) in [5.74, 6) is 0.389. The van der Waals surface area contributed by atoms with Crippen LogP contribution in [0.15, 0.2) is 24.3 Å². The number of ketones is 2. The van der Waals surface area contributed by atoms with Gasteiger partial charge in [-0.25, -0.2) is 0 Å². The maximum atomic E-state index is 12.7. The van der Waals surface area contributed by atoms with Crippen molar-refractivity contribution in [3.05, 3.63) is 29.8 Å². The molecule has 1 spiro atoms. The average Bonchev–Trinajstić information content (AvgIpc) is 2.95. The van der Waals surface area contributed by atoms with Crippen LogP contribution in [0, 0.1) is 5.41 Å². The minimum absolute atomic E-state index is 0.109. The second-order valence-corrected chi connectivity index (χ2v) is 6.33. The van der Waals surface area contributed by atoms with Crippen molar-refractivity contribution in [3.63, 3.8) is 0 Å². The topological polar surface area (TPSA) is 37.4 Å². The first-order chi connectivity index (χ1) is 9.73. The Morgan fingerprint density at radius 1 is 1.05 bits per heavy atom. The molecule has 104 valence electrons. The summed E-state index contributed by atoms with van der Waals surface area (Å²) in [4.78, 5) is 27.7. The standard InChI is InChI=1S/C17H19NO2/c19-15-8-3-9-16(20)17(15)11-12-5-1-2-6-13(12)18-10-4-7-14(17)18/h1-2,5-6,14H,3-4,7-11H2. The van der Waals surface area contributed by atoms with Gasteiger partial charge in [-0.15, -0.1) is 0 Å². The summed E-state index contributed by atoms with van der Waals surface area (Å²) in [6.45, 7) is 0.976. The minimum Gasteiger partial charge on any atom is -0.367 e. The van der Waals surface area contributed by atoms with Crippen LogP contribution in [0.4, 0.5) is 5.69 Å². The summed E-state index contributed by atoms with van der Waals surface area (Å²) in [6, 6.07) is 8.40. The minimum atomic E-state index is -0.733. The zero-order valence-electron chi connectivity index (χ0n) is 11.6. The maximum absolute atomic E-state index is 12.7. The van der Waals surface area contributed by atoms with Crippen LogP contribution in [0.25, 0.3) is 0 Å². The zero-order valence-corrected chi connectivity index (χ0v) is 11.6. The van der Waals surface area contributed by atoms with E-state index in [1.54, 1.807) is 0 Å². The molecule has 4 rings (SSSR count). The van der Waals surface area contributed by atoms with Crippen molar-refractivity contribution in [3.8, 4) is 0 Å². The number of benzene rings is 1. The van der Waals surface area contributed by atoms with Crippen molar-refractivity contribution in [1.82, 2.24) is 0 Å². The van der Waals surface area contributed by atoms with Crippen LogP contribution in [-0.4, -0.2) is 24.2 Å². The Balaban J connectivity index is 1.89. The Labute approximate surface area is 119 Å². The number of carbonyl (C=O) groups is 2. The predicted octanol–water partition coefficient (Wildman–Crippen LogP) is 2.52. The molecule has 0 aromatic heterocycles. The zero-order chi connectivity index (χ0) is 13.7. The number of para-hydroxylation sites is 1. The summed E-state index contributed by atoms with van der Waals surface area (Å²) >= 11 is 0. The van der Waals surface area contributed by atoms with Gasteiger partial charge in [0.1, 0.15) is 17.0 Å². The fourth-order valence-electron chi connectivity index (χ4n) is 4.51. The van der Waals surface area contributed by atoms with Crippen LogP contribution in [0.1, 0.15) is 37.7 Å². The lowest BCUT2D eigenvalue weighted by Gasteiger charge is -2.48. The van der Waals surface area contributed by atoms with Crippen LogP contribution in [-0.2, 0) is 16.0 Å². The highest BCUT2D eigenvalue weighted by Gasteiger charge is 2.57. The van der Waals surface area contributed by atoms with E-state index in [1.807, 2.05) is 6.07 Å². The van der Waals surface area contributed by atoms with Gasteiger partial charge in [0.25, 0.3) is 0 Å². The summed E-state index contributed by atoms with van der Waals surface area (Å²) in [7, 11) is 0.